The minimum absolute atomic E-state index is 0.0416. The van der Waals surface area contributed by atoms with Crippen LogP contribution >= 0.6 is 0 Å². The summed E-state index contributed by atoms with van der Waals surface area (Å²) in [6.07, 6.45) is 0.412. The monoisotopic (exact) mass is 427 g/mol. The molecular formula is C23H22FNO4S. The van der Waals surface area contributed by atoms with Crippen LogP contribution in [0, 0.1) is 5.82 Å². The zero-order chi connectivity index (χ0) is 21.1. The second-order valence-corrected chi connectivity index (χ2v) is 9.69. The molecule has 0 N–H and O–H groups in total. The van der Waals surface area contributed by atoms with E-state index >= 15 is 0 Å². The Kier molecular flexibility index (Phi) is 5.72. The average molecular weight is 427 g/mol. The summed E-state index contributed by atoms with van der Waals surface area (Å²) in [6, 6.07) is 18.8. The molecule has 1 heterocycles. The van der Waals surface area contributed by atoms with Gasteiger partial charge in [0.25, 0.3) is 5.91 Å². The predicted octanol–water partition coefficient (Wildman–Crippen LogP) is 3.57. The van der Waals surface area contributed by atoms with E-state index in [2.05, 4.69) is 0 Å². The van der Waals surface area contributed by atoms with Crippen molar-refractivity contribution in [1.82, 2.24) is 4.90 Å². The van der Waals surface area contributed by atoms with Crippen molar-refractivity contribution < 1.29 is 22.3 Å². The molecule has 0 saturated carbocycles. The Labute approximate surface area is 175 Å². The lowest BCUT2D eigenvalue weighted by molar-refractivity contribution is -0.135. The standard InChI is InChI=1S/C23H22FNO4S/c24-19-8-10-21(11-9-19)29-15-23(26)25(20-12-13-30(27,28)16-20)14-18-6-3-5-17-4-1-2-7-22(17)18/h1-11,20H,12-16H2/t20-/m0/s1. The normalized spacial score (nSPS) is 17.7. The van der Waals surface area contributed by atoms with Crippen LogP contribution in [0.4, 0.5) is 4.39 Å². The van der Waals surface area contributed by atoms with E-state index in [0.717, 1.165) is 16.3 Å². The Morgan fingerprint density at radius 3 is 2.50 bits per heavy atom. The minimum Gasteiger partial charge on any atom is -0.484 e. The summed E-state index contributed by atoms with van der Waals surface area (Å²) < 4.78 is 42.7. The second-order valence-electron chi connectivity index (χ2n) is 7.46. The molecule has 0 spiro atoms. The largest absolute Gasteiger partial charge is 0.484 e. The van der Waals surface area contributed by atoms with Crippen LogP contribution in [-0.4, -0.2) is 43.4 Å². The van der Waals surface area contributed by atoms with Gasteiger partial charge in [0.2, 0.25) is 0 Å². The predicted molar refractivity (Wildman–Crippen MR) is 113 cm³/mol. The summed E-state index contributed by atoms with van der Waals surface area (Å²) >= 11 is 0. The van der Waals surface area contributed by atoms with Crippen LogP contribution in [0.25, 0.3) is 10.8 Å². The molecule has 1 aliphatic heterocycles. The molecule has 1 aliphatic rings. The maximum Gasteiger partial charge on any atom is 0.261 e. The molecule has 1 amide bonds. The molecule has 1 atom stereocenters. The molecule has 7 heteroatoms. The first-order valence-electron chi connectivity index (χ1n) is 9.76. The van der Waals surface area contributed by atoms with Crippen molar-refractivity contribution in [2.24, 2.45) is 0 Å². The van der Waals surface area contributed by atoms with Gasteiger partial charge in [0.1, 0.15) is 11.6 Å². The molecule has 156 valence electrons. The number of ether oxygens (including phenoxy) is 1. The zero-order valence-electron chi connectivity index (χ0n) is 16.3. The van der Waals surface area contributed by atoms with Crippen molar-refractivity contribution in [2.75, 3.05) is 18.1 Å². The highest BCUT2D eigenvalue weighted by Crippen LogP contribution is 2.25. The van der Waals surface area contributed by atoms with E-state index in [0.29, 0.717) is 18.7 Å². The number of halogens is 1. The molecule has 0 aromatic heterocycles. The molecule has 0 unspecified atom stereocenters. The van der Waals surface area contributed by atoms with E-state index in [-0.39, 0.29) is 29.8 Å². The van der Waals surface area contributed by atoms with Gasteiger partial charge in [0.15, 0.2) is 16.4 Å². The molecule has 1 fully saturated rings. The fraction of sp³-hybridized carbons (Fsp3) is 0.261. The van der Waals surface area contributed by atoms with Crippen molar-refractivity contribution in [3.63, 3.8) is 0 Å². The molecule has 0 radical (unpaired) electrons. The van der Waals surface area contributed by atoms with Gasteiger partial charge in [-0.05, 0) is 47.0 Å². The lowest BCUT2D eigenvalue weighted by atomic mass is 10.0. The lowest BCUT2D eigenvalue weighted by Crippen LogP contribution is -2.43. The fourth-order valence-electron chi connectivity index (χ4n) is 3.81. The van der Waals surface area contributed by atoms with Crippen molar-refractivity contribution in [2.45, 2.75) is 19.0 Å². The summed E-state index contributed by atoms with van der Waals surface area (Å²) in [5.41, 5.74) is 0.951. The highest BCUT2D eigenvalue weighted by atomic mass is 32.2. The molecule has 5 nitrogen and oxygen atoms in total. The molecule has 30 heavy (non-hydrogen) atoms. The number of hydrogen-bond donors (Lipinski definition) is 0. The number of sulfone groups is 1. The van der Waals surface area contributed by atoms with Gasteiger partial charge in [-0.15, -0.1) is 0 Å². The van der Waals surface area contributed by atoms with Gasteiger partial charge < -0.3 is 9.64 Å². The lowest BCUT2D eigenvalue weighted by Gasteiger charge is -2.29. The van der Waals surface area contributed by atoms with E-state index in [1.165, 1.54) is 24.3 Å². The van der Waals surface area contributed by atoms with Crippen LogP contribution in [0.1, 0.15) is 12.0 Å². The molecule has 4 rings (SSSR count). The number of benzene rings is 3. The van der Waals surface area contributed by atoms with Crippen molar-refractivity contribution >= 4 is 26.5 Å². The van der Waals surface area contributed by atoms with E-state index in [9.17, 15) is 17.6 Å². The number of fused-ring (bicyclic) bond motifs is 1. The first-order valence-corrected chi connectivity index (χ1v) is 11.6. The number of carbonyl (C=O) groups excluding carboxylic acids is 1. The van der Waals surface area contributed by atoms with Crippen molar-refractivity contribution in [3.05, 3.63) is 78.1 Å². The maximum atomic E-state index is 13.1. The van der Waals surface area contributed by atoms with E-state index < -0.39 is 15.9 Å². The van der Waals surface area contributed by atoms with Crippen LogP contribution in [-0.2, 0) is 21.2 Å². The number of hydrogen-bond acceptors (Lipinski definition) is 4. The van der Waals surface area contributed by atoms with E-state index in [1.54, 1.807) is 4.90 Å². The average Bonchev–Trinajstić information content (AvgIpc) is 3.10. The van der Waals surface area contributed by atoms with Gasteiger partial charge in [0, 0.05) is 12.6 Å². The third-order valence-corrected chi connectivity index (χ3v) is 7.12. The Morgan fingerprint density at radius 1 is 1.03 bits per heavy atom. The molecule has 3 aromatic rings. The number of rotatable bonds is 6. The molecule has 3 aromatic carbocycles. The van der Waals surface area contributed by atoms with Crippen molar-refractivity contribution in [1.29, 1.82) is 0 Å². The summed E-state index contributed by atoms with van der Waals surface area (Å²) in [7, 11) is -3.16. The number of nitrogens with zero attached hydrogens (tertiary/aromatic N) is 1. The molecule has 1 saturated heterocycles. The SMILES string of the molecule is O=C(COc1ccc(F)cc1)N(Cc1cccc2ccccc12)[C@H]1CCS(=O)(=O)C1. The second kappa shape index (κ2) is 8.44. The Bertz CT molecular complexity index is 1160. The highest BCUT2D eigenvalue weighted by molar-refractivity contribution is 7.91. The van der Waals surface area contributed by atoms with Crippen molar-refractivity contribution in [3.8, 4) is 5.75 Å². The van der Waals surface area contributed by atoms with Crippen LogP contribution in [0.2, 0.25) is 0 Å². The van der Waals surface area contributed by atoms with Gasteiger partial charge in [-0.2, -0.15) is 0 Å². The van der Waals surface area contributed by atoms with E-state index in [4.69, 9.17) is 4.74 Å². The third-order valence-electron chi connectivity index (χ3n) is 5.37. The minimum atomic E-state index is -3.16. The Balaban J connectivity index is 1.57. The topological polar surface area (TPSA) is 63.7 Å². The number of amides is 1. The fourth-order valence-corrected chi connectivity index (χ4v) is 5.55. The summed E-state index contributed by atoms with van der Waals surface area (Å²) in [4.78, 5) is 14.7. The third kappa shape index (κ3) is 4.62. The van der Waals surface area contributed by atoms with E-state index in [1.807, 2.05) is 42.5 Å². The quantitative estimate of drug-likeness (QED) is 0.603. The van der Waals surface area contributed by atoms with Gasteiger partial charge in [-0.3, -0.25) is 4.79 Å². The molecule has 0 aliphatic carbocycles. The first-order chi connectivity index (χ1) is 14.4. The van der Waals surface area contributed by atoms with Gasteiger partial charge in [-0.25, -0.2) is 12.8 Å². The first kappa shape index (κ1) is 20.3. The summed E-state index contributed by atoms with van der Waals surface area (Å²) in [5, 5.41) is 2.09. The van der Waals surface area contributed by atoms with Gasteiger partial charge in [-0.1, -0.05) is 42.5 Å². The van der Waals surface area contributed by atoms with Crippen LogP contribution in [0.5, 0.6) is 5.75 Å². The summed E-state index contributed by atoms with van der Waals surface area (Å²) in [6.45, 7) is 0.0557. The maximum absolute atomic E-state index is 13.1. The van der Waals surface area contributed by atoms with Crippen LogP contribution in [0.15, 0.2) is 66.7 Å². The Morgan fingerprint density at radius 2 is 1.77 bits per heavy atom. The van der Waals surface area contributed by atoms with Gasteiger partial charge >= 0.3 is 0 Å². The van der Waals surface area contributed by atoms with Crippen LogP contribution in [0.3, 0.4) is 0 Å². The molecular weight excluding hydrogens is 405 g/mol. The summed E-state index contributed by atoms with van der Waals surface area (Å²) in [5.74, 6) is -0.263. The number of carbonyl (C=O) groups is 1. The van der Waals surface area contributed by atoms with Gasteiger partial charge in [0.05, 0.1) is 11.5 Å². The highest BCUT2D eigenvalue weighted by Gasteiger charge is 2.35. The Hall–Kier alpha value is -2.93. The van der Waals surface area contributed by atoms with Crippen LogP contribution < -0.4 is 4.74 Å². The smallest absolute Gasteiger partial charge is 0.261 e. The zero-order valence-corrected chi connectivity index (χ0v) is 17.1. The molecule has 0 bridgehead atoms.